The molecular formula is C26H27ClN4O4S. The Morgan fingerprint density at radius 3 is 2.44 bits per heavy atom. The lowest BCUT2D eigenvalue weighted by molar-refractivity contribution is -0.137. The van der Waals surface area contributed by atoms with E-state index in [9.17, 15) is 9.59 Å². The lowest BCUT2D eigenvalue weighted by atomic mass is 10.1. The Kier molecular flexibility index (Phi) is 8.32. The molecular weight excluding hydrogens is 500 g/mol. The second-order valence-corrected chi connectivity index (χ2v) is 9.73. The molecule has 36 heavy (non-hydrogen) atoms. The number of aryl methyl sites for hydroxylation is 2. The van der Waals surface area contributed by atoms with Crippen molar-refractivity contribution in [1.82, 2.24) is 14.9 Å². The minimum absolute atomic E-state index is 0.101. The molecule has 2 aromatic carbocycles. The number of halogens is 1. The van der Waals surface area contributed by atoms with Crippen LogP contribution in [0, 0.1) is 13.8 Å². The first-order valence-corrected chi connectivity index (χ1v) is 12.9. The van der Waals surface area contributed by atoms with Crippen molar-refractivity contribution in [3.63, 3.8) is 0 Å². The number of rotatable bonds is 9. The topological polar surface area (TPSA) is 93.7 Å². The summed E-state index contributed by atoms with van der Waals surface area (Å²) < 4.78 is 10.7. The van der Waals surface area contributed by atoms with Gasteiger partial charge in [-0.3, -0.25) is 9.59 Å². The fourth-order valence-corrected chi connectivity index (χ4v) is 4.83. The van der Waals surface area contributed by atoms with Gasteiger partial charge in [-0.1, -0.05) is 42.4 Å². The molecule has 4 rings (SSSR count). The molecule has 1 N–H and O–H groups in total. The molecule has 0 saturated carbocycles. The van der Waals surface area contributed by atoms with Crippen LogP contribution in [-0.4, -0.2) is 45.3 Å². The minimum atomic E-state index is -0.695. The quantitative estimate of drug-likeness (QED) is 0.309. The summed E-state index contributed by atoms with van der Waals surface area (Å²) >= 11 is 7.30. The van der Waals surface area contributed by atoms with Crippen molar-refractivity contribution < 1.29 is 19.1 Å². The number of aromatic nitrogens is 2. The van der Waals surface area contributed by atoms with Gasteiger partial charge in [0, 0.05) is 34.7 Å². The highest BCUT2D eigenvalue weighted by Gasteiger charge is 2.29. The van der Waals surface area contributed by atoms with Crippen molar-refractivity contribution in [2.45, 2.75) is 44.9 Å². The van der Waals surface area contributed by atoms with Crippen LogP contribution in [0.15, 0.2) is 53.7 Å². The average Bonchev–Trinajstić information content (AvgIpc) is 3.31. The van der Waals surface area contributed by atoms with Crippen LogP contribution in [0.25, 0.3) is 0 Å². The highest BCUT2D eigenvalue weighted by molar-refractivity contribution is 7.99. The Hall–Kier alpha value is -3.30. The van der Waals surface area contributed by atoms with E-state index >= 15 is 0 Å². The monoisotopic (exact) mass is 526 g/mol. The van der Waals surface area contributed by atoms with Gasteiger partial charge in [0.05, 0.1) is 5.75 Å². The number of thioether (sulfide) groups is 1. The number of benzene rings is 2. The predicted octanol–water partition coefficient (Wildman–Crippen LogP) is 5.01. The maximum absolute atomic E-state index is 13.5. The first-order valence-electron chi connectivity index (χ1n) is 11.5. The molecule has 0 saturated heterocycles. The minimum Gasteiger partial charge on any atom is -0.454 e. The summed E-state index contributed by atoms with van der Waals surface area (Å²) in [4.78, 5) is 37.3. The van der Waals surface area contributed by atoms with Crippen LogP contribution in [0.3, 0.4) is 0 Å². The second kappa shape index (κ2) is 11.6. The summed E-state index contributed by atoms with van der Waals surface area (Å²) in [6.07, 6.45) is 0.431. The molecule has 1 atom stereocenters. The number of ether oxygens (including phenoxy) is 2. The van der Waals surface area contributed by atoms with E-state index in [0.717, 1.165) is 17.0 Å². The summed E-state index contributed by atoms with van der Waals surface area (Å²) in [7, 11) is 0. The summed E-state index contributed by atoms with van der Waals surface area (Å²) in [5.41, 5.74) is 3.12. The fourth-order valence-electron chi connectivity index (χ4n) is 3.87. The van der Waals surface area contributed by atoms with Crippen LogP contribution in [0.2, 0.25) is 5.02 Å². The molecule has 3 aromatic rings. The van der Waals surface area contributed by atoms with Crippen molar-refractivity contribution in [2.75, 3.05) is 17.9 Å². The van der Waals surface area contributed by atoms with Gasteiger partial charge in [-0.05, 0) is 56.2 Å². The van der Waals surface area contributed by atoms with E-state index in [4.69, 9.17) is 21.1 Å². The number of amides is 2. The van der Waals surface area contributed by atoms with Gasteiger partial charge < -0.3 is 19.7 Å². The third-order valence-corrected chi connectivity index (χ3v) is 6.66. The van der Waals surface area contributed by atoms with E-state index in [2.05, 4.69) is 15.3 Å². The molecule has 0 bridgehead atoms. The lowest BCUT2D eigenvalue weighted by Crippen LogP contribution is -2.47. The van der Waals surface area contributed by atoms with Crippen molar-refractivity contribution in [3.8, 4) is 11.5 Å². The van der Waals surface area contributed by atoms with Gasteiger partial charge in [-0.15, -0.1) is 0 Å². The molecule has 8 nitrogen and oxygen atoms in total. The molecule has 0 fully saturated rings. The van der Waals surface area contributed by atoms with Gasteiger partial charge in [0.2, 0.25) is 18.6 Å². The van der Waals surface area contributed by atoms with Crippen LogP contribution in [-0.2, 0) is 16.1 Å². The standard InChI is InChI=1S/C26H27ClN4O4S/c1-4-21(25(33)30-20-9-10-22-23(12-20)35-15-34-22)31(13-18-5-7-19(27)8-6-18)24(32)14-36-26-28-16(2)11-17(3)29-26/h5-12,21H,4,13-15H2,1-3H3,(H,30,33). The van der Waals surface area contributed by atoms with Gasteiger partial charge in [-0.25, -0.2) is 9.97 Å². The summed E-state index contributed by atoms with van der Waals surface area (Å²) in [5, 5.41) is 4.06. The number of nitrogens with zero attached hydrogens (tertiary/aromatic N) is 3. The number of hydrogen-bond donors (Lipinski definition) is 1. The molecule has 10 heteroatoms. The van der Waals surface area contributed by atoms with E-state index < -0.39 is 6.04 Å². The van der Waals surface area contributed by atoms with Crippen LogP contribution in [0.1, 0.15) is 30.3 Å². The molecule has 0 radical (unpaired) electrons. The third-order valence-electron chi connectivity index (χ3n) is 5.58. The average molecular weight is 527 g/mol. The number of carbonyl (C=O) groups excluding carboxylic acids is 2. The first kappa shape index (κ1) is 25.8. The Morgan fingerprint density at radius 2 is 1.75 bits per heavy atom. The summed E-state index contributed by atoms with van der Waals surface area (Å²) in [6, 6.07) is 13.6. The number of hydrogen-bond acceptors (Lipinski definition) is 7. The smallest absolute Gasteiger partial charge is 0.247 e. The van der Waals surface area contributed by atoms with E-state index in [0.29, 0.717) is 33.8 Å². The van der Waals surface area contributed by atoms with Crippen molar-refractivity contribution in [3.05, 3.63) is 70.5 Å². The number of carbonyl (C=O) groups is 2. The molecule has 0 aliphatic carbocycles. The summed E-state index contributed by atoms with van der Waals surface area (Å²) in [6.45, 7) is 6.07. The Labute approximate surface area is 219 Å². The van der Waals surface area contributed by atoms with Crippen LogP contribution in [0.5, 0.6) is 11.5 Å². The molecule has 188 valence electrons. The number of anilines is 1. The van der Waals surface area contributed by atoms with Crippen LogP contribution in [0.4, 0.5) is 5.69 Å². The molecule has 1 aromatic heterocycles. The highest BCUT2D eigenvalue weighted by Crippen LogP contribution is 2.34. The van der Waals surface area contributed by atoms with Crippen molar-refractivity contribution in [2.24, 2.45) is 0 Å². The maximum atomic E-state index is 13.5. The molecule has 1 unspecified atom stereocenters. The molecule has 1 aliphatic heterocycles. The van der Waals surface area contributed by atoms with Crippen LogP contribution < -0.4 is 14.8 Å². The van der Waals surface area contributed by atoms with Gasteiger partial charge >= 0.3 is 0 Å². The first-order chi connectivity index (χ1) is 17.3. The molecule has 0 spiro atoms. The van der Waals surface area contributed by atoms with Gasteiger partial charge in [0.25, 0.3) is 0 Å². The highest BCUT2D eigenvalue weighted by atomic mass is 35.5. The predicted molar refractivity (Wildman–Crippen MR) is 140 cm³/mol. The van der Waals surface area contributed by atoms with Crippen LogP contribution >= 0.6 is 23.4 Å². The van der Waals surface area contributed by atoms with E-state index in [1.807, 2.05) is 39.0 Å². The lowest BCUT2D eigenvalue weighted by Gasteiger charge is -2.30. The normalized spacial score (nSPS) is 12.8. The summed E-state index contributed by atoms with van der Waals surface area (Å²) in [5.74, 6) is 0.825. The van der Waals surface area contributed by atoms with Crippen molar-refractivity contribution in [1.29, 1.82) is 0 Å². The van der Waals surface area contributed by atoms with E-state index in [-0.39, 0.29) is 30.9 Å². The van der Waals surface area contributed by atoms with E-state index in [1.165, 1.54) is 11.8 Å². The zero-order valence-corrected chi connectivity index (χ0v) is 21.9. The van der Waals surface area contributed by atoms with E-state index in [1.54, 1.807) is 35.2 Å². The molecule has 1 aliphatic rings. The van der Waals surface area contributed by atoms with Crippen molar-refractivity contribution >= 4 is 40.9 Å². The Bertz CT molecular complexity index is 1230. The zero-order valence-electron chi connectivity index (χ0n) is 20.3. The molecule has 2 amide bonds. The fraction of sp³-hybridized carbons (Fsp3) is 0.308. The number of nitrogens with one attached hydrogen (secondary N) is 1. The van der Waals surface area contributed by atoms with Gasteiger partial charge in [0.1, 0.15) is 6.04 Å². The zero-order chi connectivity index (χ0) is 25.7. The Balaban J connectivity index is 1.53. The number of fused-ring (bicyclic) bond motifs is 1. The van der Waals surface area contributed by atoms with Gasteiger partial charge in [-0.2, -0.15) is 0 Å². The third kappa shape index (κ3) is 6.47. The second-order valence-electron chi connectivity index (χ2n) is 8.35. The maximum Gasteiger partial charge on any atom is 0.247 e. The SMILES string of the molecule is CCC(C(=O)Nc1ccc2c(c1)OCO2)N(Cc1ccc(Cl)cc1)C(=O)CSc1nc(C)cc(C)n1. The molecule has 2 heterocycles. The van der Waals surface area contributed by atoms with Gasteiger partial charge in [0.15, 0.2) is 16.7 Å². The Morgan fingerprint density at radius 1 is 1.06 bits per heavy atom. The largest absolute Gasteiger partial charge is 0.454 e.